The zero-order chi connectivity index (χ0) is 20.1. The molecule has 0 radical (unpaired) electrons. The van der Waals surface area contributed by atoms with Gasteiger partial charge in [-0.15, -0.1) is 0 Å². The molecule has 2 saturated heterocycles. The van der Waals surface area contributed by atoms with Crippen LogP contribution >= 0.6 is 0 Å². The molecule has 1 amide bonds. The second-order valence-electron chi connectivity index (χ2n) is 8.04. The SMILES string of the molecule is CN1CCN([C@@H]2CCN(C(=O)Cc3c(F)cccc3F)C[C@@H]2CCCO)CC1. The molecule has 156 valence electrons. The summed E-state index contributed by atoms with van der Waals surface area (Å²) in [5, 5.41) is 9.28. The second kappa shape index (κ2) is 9.76. The Labute approximate surface area is 165 Å². The predicted molar refractivity (Wildman–Crippen MR) is 104 cm³/mol. The highest BCUT2D eigenvalue weighted by Crippen LogP contribution is 2.28. The molecule has 0 saturated carbocycles. The molecular weight excluding hydrogens is 364 g/mol. The quantitative estimate of drug-likeness (QED) is 0.797. The number of hydrogen-bond donors (Lipinski definition) is 1. The molecule has 3 rings (SSSR count). The van der Waals surface area contributed by atoms with Crippen LogP contribution in [-0.2, 0) is 11.2 Å². The van der Waals surface area contributed by atoms with Crippen LogP contribution in [0.3, 0.4) is 0 Å². The smallest absolute Gasteiger partial charge is 0.227 e. The molecule has 2 heterocycles. The summed E-state index contributed by atoms with van der Waals surface area (Å²) in [6.45, 7) is 5.46. The van der Waals surface area contributed by atoms with E-state index in [9.17, 15) is 18.7 Å². The number of carbonyl (C=O) groups is 1. The van der Waals surface area contributed by atoms with Gasteiger partial charge in [0.25, 0.3) is 0 Å². The first-order chi connectivity index (χ1) is 13.5. The molecular formula is C21H31F2N3O2. The van der Waals surface area contributed by atoms with Crippen LogP contribution in [-0.4, -0.2) is 84.7 Å². The van der Waals surface area contributed by atoms with Gasteiger partial charge in [-0.2, -0.15) is 0 Å². The van der Waals surface area contributed by atoms with Gasteiger partial charge in [-0.25, -0.2) is 8.78 Å². The highest BCUT2D eigenvalue weighted by Gasteiger charge is 2.35. The van der Waals surface area contributed by atoms with Crippen molar-refractivity contribution in [1.29, 1.82) is 0 Å². The van der Waals surface area contributed by atoms with Crippen molar-refractivity contribution in [3.05, 3.63) is 35.4 Å². The highest BCUT2D eigenvalue weighted by atomic mass is 19.1. The monoisotopic (exact) mass is 395 g/mol. The molecule has 1 aromatic carbocycles. The predicted octanol–water partition coefficient (Wildman–Crippen LogP) is 1.74. The van der Waals surface area contributed by atoms with Gasteiger partial charge in [-0.1, -0.05) is 6.07 Å². The highest BCUT2D eigenvalue weighted by molar-refractivity contribution is 5.79. The Hall–Kier alpha value is -1.57. The van der Waals surface area contributed by atoms with Gasteiger partial charge in [0.2, 0.25) is 5.91 Å². The van der Waals surface area contributed by atoms with Crippen molar-refractivity contribution in [1.82, 2.24) is 14.7 Å². The van der Waals surface area contributed by atoms with E-state index < -0.39 is 11.6 Å². The summed E-state index contributed by atoms with van der Waals surface area (Å²) in [5.74, 6) is -1.29. The number of piperidine rings is 1. The summed E-state index contributed by atoms with van der Waals surface area (Å²) in [5.41, 5.74) is -0.152. The van der Waals surface area contributed by atoms with E-state index in [2.05, 4.69) is 16.8 Å². The molecule has 2 fully saturated rings. The Bertz CT molecular complexity index is 645. The Morgan fingerprint density at radius 3 is 2.46 bits per heavy atom. The van der Waals surface area contributed by atoms with Crippen molar-refractivity contribution in [2.75, 3.05) is 52.9 Å². The molecule has 1 N–H and O–H groups in total. The van der Waals surface area contributed by atoms with E-state index >= 15 is 0 Å². The maximum Gasteiger partial charge on any atom is 0.227 e. The first-order valence-corrected chi connectivity index (χ1v) is 10.2. The van der Waals surface area contributed by atoms with E-state index in [1.807, 2.05) is 0 Å². The number of aliphatic hydroxyl groups excluding tert-OH is 1. The third-order valence-electron chi connectivity index (χ3n) is 6.18. The van der Waals surface area contributed by atoms with E-state index in [1.54, 1.807) is 4.90 Å². The largest absolute Gasteiger partial charge is 0.396 e. The van der Waals surface area contributed by atoms with E-state index in [4.69, 9.17) is 0 Å². The minimum absolute atomic E-state index is 0.139. The van der Waals surface area contributed by atoms with Crippen LogP contribution < -0.4 is 0 Å². The normalized spacial score (nSPS) is 24.5. The molecule has 7 heteroatoms. The average molecular weight is 395 g/mol. The first-order valence-electron chi connectivity index (χ1n) is 10.2. The number of halogens is 2. The van der Waals surface area contributed by atoms with E-state index in [1.165, 1.54) is 18.2 Å². The molecule has 1 aromatic rings. The summed E-state index contributed by atoms with van der Waals surface area (Å²) >= 11 is 0. The van der Waals surface area contributed by atoms with E-state index in [0.717, 1.165) is 39.0 Å². The molecule has 0 aliphatic carbocycles. The van der Waals surface area contributed by atoms with Crippen molar-refractivity contribution in [2.24, 2.45) is 5.92 Å². The fraction of sp³-hybridized carbons (Fsp3) is 0.667. The molecule has 0 bridgehead atoms. The molecule has 5 nitrogen and oxygen atoms in total. The van der Waals surface area contributed by atoms with Gasteiger partial charge < -0.3 is 14.9 Å². The number of nitrogens with zero attached hydrogens (tertiary/aromatic N) is 3. The standard InChI is InChI=1S/C21H31F2N3O2/c1-24-9-11-25(12-10-24)20-7-8-26(15-16(20)4-3-13-27)21(28)14-17-18(22)5-2-6-19(17)23/h2,5-6,16,20,27H,3-4,7-15H2,1H3/t16-,20+/m0/s1. The number of benzene rings is 1. The summed E-state index contributed by atoms with van der Waals surface area (Å²) in [7, 11) is 2.13. The maximum absolute atomic E-state index is 13.9. The van der Waals surface area contributed by atoms with Gasteiger partial charge in [0.05, 0.1) is 6.42 Å². The zero-order valence-electron chi connectivity index (χ0n) is 16.6. The molecule has 28 heavy (non-hydrogen) atoms. The number of carbonyl (C=O) groups excluding carboxylic acids is 1. The molecule has 0 unspecified atom stereocenters. The summed E-state index contributed by atoms with van der Waals surface area (Å²) in [6.07, 6.45) is 2.18. The number of rotatable bonds is 6. The first kappa shape index (κ1) is 21.1. The third kappa shape index (κ3) is 5.07. The minimum Gasteiger partial charge on any atom is -0.396 e. The Balaban J connectivity index is 1.65. The van der Waals surface area contributed by atoms with Gasteiger partial charge in [-0.3, -0.25) is 9.69 Å². The topological polar surface area (TPSA) is 47.0 Å². The van der Waals surface area contributed by atoms with Crippen LogP contribution in [0, 0.1) is 17.6 Å². The maximum atomic E-state index is 13.9. The number of amides is 1. The van der Waals surface area contributed by atoms with Gasteiger partial charge >= 0.3 is 0 Å². The number of likely N-dealkylation sites (tertiary alicyclic amines) is 1. The van der Waals surface area contributed by atoms with Crippen molar-refractivity contribution >= 4 is 5.91 Å². The number of aliphatic hydroxyl groups is 1. The van der Waals surface area contributed by atoms with Crippen molar-refractivity contribution in [3.63, 3.8) is 0 Å². The third-order valence-corrected chi connectivity index (χ3v) is 6.18. The van der Waals surface area contributed by atoms with Crippen molar-refractivity contribution < 1.29 is 18.7 Å². The van der Waals surface area contributed by atoms with Crippen LogP contribution in [0.2, 0.25) is 0 Å². The van der Waals surface area contributed by atoms with Gasteiger partial charge in [-0.05, 0) is 44.4 Å². The van der Waals surface area contributed by atoms with Gasteiger partial charge in [0.1, 0.15) is 11.6 Å². The Morgan fingerprint density at radius 1 is 1.14 bits per heavy atom. The lowest BCUT2D eigenvalue weighted by Gasteiger charge is -2.46. The van der Waals surface area contributed by atoms with Crippen molar-refractivity contribution in [2.45, 2.75) is 31.7 Å². The second-order valence-corrected chi connectivity index (χ2v) is 8.04. The summed E-state index contributed by atoms with van der Waals surface area (Å²) in [4.78, 5) is 19.3. The summed E-state index contributed by atoms with van der Waals surface area (Å²) < 4.78 is 27.8. The lowest BCUT2D eigenvalue weighted by Crippen LogP contribution is -2.57. The zero-order valence-corrected chi connectivity index (χ0v) is 16.6. The van der Waals surface area contributed by atoms with Crippen LogP contribution in [0.4, 0.5) is 8.78 Å². The molecule has 2 atom stereocenters. The van der Waals surface area contributed by atoms with E-state index in [-0.39, 0.29) is 30.4 Å². The fourth-order valence-electron chi connectivity index (χ4n) is 4.48. The van der Waals surface area contributed by atoms with Gasteiger partial charge in [0.15, 0.2) is 0 Å². The number of hydrogen-bond acceptors (Lipinski definition) is 4. The Morgan fingerprint density at radius 2 is 1.82 bits per heavy atom. The number of piperazine rings is 1. The van der Waals surface area contributed by atoms with Crippen molar-refractivity contribution in [3.8, 4) is 0 Å². The van der Waals surface area contributed by atoms with Crippen LogP contribution in [0.1, 0.15) is 24.8 Å². The van der Waals surface area contributed by atoms with Crippen LogP contribution in [0.15, 0.2) is 18.2 Å². The van der Waals surface area contributed by atoms with E-state index in [0.29, 0.717) is 25.6 Å². The summed E-state index contributed by atoms with van der Waals surface area (Å²) in [6, 6.07) is 4.09. The van der Waals surface area contributed by atoms with Crippen LogP contribution in [0.5, 0.6) is 0 Å². The molecule has 0 aromatic heterocycles. The lowest BCUT2D eigenvalue weighted by molar-refractivity contribution is -0.133. The van der Waals surface area contributed by atoms with Gasteiger partial charge in [0, 0.05) is 57.5 Å². The minimum atomic E-state index is -0.669. The fourth-order valence-corrected chi connectivity index (χ4v) is 4.48. The molecule has 0 spiro atoms. The lowest BCUT2D eigenvalue weighted by atomic mass is 9.86. The molecule has 2 aliphatic heterocycles. The van der Waals surface area contributed by atoms with Crippen LogP contribution in [0.25, 0.3) is 0 Å². The Kier molecular flexibility index (Phi) is 7.37. The number of likely N-dealkylation sites (N-methyl/N-ethyl adjacent to an activating group) is 1. The average Bonchev–Trinajstić information content (AvgIpc) is 2.69. The molecule has 2 aliphatic rings.